The number of nitrogens with one attached hydrogen (secondary N) is 1. The fraction of sp³-hybridized carbons (Fsp3) is 0.357. The minimum absolute atomic E-state index is 0. The third kappa shape index (κ3) is 3.72. The summed E-state index contributed by atoms with van der Waals surface area (Å²) in [5.74, 6) is 0.900. The minimum atomic E-state index is 0. The topological polar surface area (TPSA) is 34.1 Å². The molecular formula is C14H18Cl2N2O. The molecule has 19 heavy (non-hydrogen) atoms. The van der Waals surface area contributed by atoms with Gasteiger partial charge in [-0.25, -0.2) is 0 Å². The predicted octanol–water partition coefficient (Wildman–Crippen LogP) is 3.21. The molecular weight excluding hydrogens is 283 g/mol. The maximum absolute atomic E-state index is 6.04. The van der Waals surface area contributed by atoms with Gasteiger partial charge in [0.15, 0.2) is 0 Å². The number of piperidine rings is 1. The number of halogens is 2. The Hall–Kier alpha value is -1.03. The minimum Gasteiger partial charge on any atom is -0.487 e. The molecule has 0 radical (unpaired) electrons. The van der Waals surface area contributed by atoms with Gasteiger partial charge in [0.25, 0.3) is 0 Å². The predicted molar refractivity (Wildman–Crippen MR) is 82.8 cm³/mol. The van der Waals surface area contributed by atoms with Crippen LogP contribution in [0.1, 0.15) is 12.8 Å². The number of pyridine rings is 1. The Bertz CT molecular complexity index is 510. The number of rotatable bonds is 2. The SMILES string of the molecule is Cl.Cl.c1cnc2c(OC3CCCNC3)cccc2c1. The van der Waals surface area contributed by atoms with E-state index in [2.05, 4.69) is 22.4 Å². The summed E-state index contributed by atoms with van der Waals surface area (Å²) in [5.41, 5.74) is 0.959. The lowest BCUT2D eigenvalue weighted by atomic mass is 10.1. The summed E-state index contributed by atoms with van der Waals surface area (Å²) < 4.78 is 6.04. The molecule has 0 aliphatic carbocycles. The maximum atomic E-state index is 6.04. The molecule has 3 rings (SSSR count). The molecule has 1 fully saturated rings. The fourth-order valence-electron chi connectivity index (χ4n) is 2.27. The molecule has 0 spiro atoms. The normalized spacial score (nSPS) is 18.2. The van der Waals surface area contributed by atoms with Crippen LogP contribution < -0.4 is 10.1 Å². The average molecular weight is 301 g/mol. The molecule has 1 saturated heterocycles. The summed E-state index contributed by atoms with van der Waals surface area (Å²) in [4.78, 5) is 4.40. The molecule has 1 aromatic carbocycles. The molecule has 1 unspecified atom stereocenters. The lowest BCUT2D eigenvalue weighted by Gasteiger charge is -2.24. The molecule has 0 saturated carbocycles. The molecule has 1 atom stereocenters. The van der Waals surface area contributed by atoms with Crippen molar-refractivity contribution in [1.29, 1.82) is 0 Å². The second-order valence-corrected chi connectivity index (χ2v) is 4.42. The van der Waals surface area contributed by atoms with Gasteiger partial charge >= 0.3 is 0 Å². The Labute approximate surface area is 125 Å². The summed E-state index contributed by atoms with van der Waals surface area (Å²) in [7, 11) is 0. The van der Waals surface area contributed by atoms with Gasteiger partial charge in [0.1, 0.15) is 17.4 Å². The summed E-state index contributed by atoms with van der Waals surface area (Å²) in [6, 6.07) is 10.1. The highest BCUT2D eigenvalue weighted by molar-refractivity contribution is 5.85. The van der Waals surface area contributed by atoms with E-state index in [0.29, 0.717) is 0 Å². The highest BCUT2D eigenvalue weighted by Gasteiger charge is 2.15. The van der Waals surface area contributed by atoms with Gasteiger partial charge in [0, 0.05) is 18.1 Å². The van der Waals surface area contributed by atoms with Crippen molar-refractivity contribution >= 4 is 35.7 Å². The van der Waals surface area contributed by atoms with E-state index in [-0.39, 0.29) is 30.9 Å². The molecule has 3 nitrogen and oxygen atoms in total. The van der Waals surface area contributed by atoms with Crippen LogP contribution >= 0.6 is 24.8 Å². The van der Waals surface area contributed by atoms with Crippen LogP contribution in [0.5, 0.6) is 5.75 Å². The molecule has 0 bridgehead atoms. The van der Waals surface area contributed by atoms with E-state index in [1.165, 1.54) is 6.42 Å². The maximum Gasteiger partial charge on any atom is 0.146 e. The lowest BCUT2D eigenvalue weighted by molar-refractivity contribution is 0.169. The van der Waals surface area contributed by atoms with Crippen LogP contribution in [0.25, 0.3) is 10.9 Å². The van der Waals surface area contributed by atoms with E-state index in [4.69, 9.17) is 4.74 Å². The highest BCUT2D eigenvalue weighted by Crippen LogP contribution is 2.24. The quantitative estimate of drug-likeness (QED) is 0.925. The van der Waals surface area contributed by atoms with Gasteiger partial charge in [-0.1, -0.05) is 18.2 Å². The Morgan fingerprint density at radius 3 is 2.79 bits per heavy atom. The number of ether oxygens (including phenoxy) is 1. The number of nitrogens with zero attached hydrogens (tertiary/aromatic N) is 1. The zero-order valence-corrected chi connectivity index (χ0v) is 12.2. The van der Waals surface area contributed by atoms with E-state index >= 15 is 0 Å². The van der Waals surface area contributed by atoms with Gasteiger partial charge in [-0.2, -0.15) is 0 Å². The first-order chi connectivity index (χ1) is 8.43. The monoisotopic (exact) mass is 300 g/mol. The smallest absolute Gasteiger partial charge is 0.146 e. The molecule has 5 heteroatoms. The summed E-state index contributed by atoms with van der Waals surface area (Å²) in [6.07, 6.45) is 4.39. The summed E-state index contributed by atoms with van der Waals surface area (Å²) >= 11 is 0. The first kappa shape index (κ1) is 16.0. The zero-order chi connectivity index (χ0) is 11.5. The Balaban J connectivity index is 0.000000902. The average Bonchev–Trinajstić information content (AvgIpc) is 2.40. The lowest BCUT2D eigenvalue weighted by Crippen LogP contribution is -2.37. The van der Waals surface area contributed by atoms with Crippen molar-refractivity contribution < 1.29 is 4.74 Å². The molecule has 1 N–H and O–H groups in total. The van der Waals surface area contributed by atoms with Crippen molar-refractivity contribution in [2.75, 3.05) is 13.1 Å². The third-order valence-corrected chi connectivity index (χ3v) is 3.14. The molecule has 2 heterocycles. The van der Waals surface area contributed by atoms with E-state index in [1.54, 1.807) is 0 Å². The van der Waals surface area contributed by atoms with Gasteiger partial charge in [0.2, 0.25) is 0 Å². The van der Waals surface area contributed by atoms with Gasteiger partial charge in [-0.15, -0.1) is 24.8 Å². The number of aromatic nitrogens is 1. The van der Waals surface area contributed by atoms with Crippen LogP contribution in [0.4, 0.5) is 0 Å². The van der Waals surface area contributed by atoms with Crippen LogP contribution in [0.15, 0.2) is 36.5 Å². The fourth-order valence-corrected chi connectivity index (χ4v) is 2.27. The Morgan fingerprint density at radius 2 is 2.00 bits per heavy atom. The Kier molecular flexibility index (Phi) is 6.35. The number of fused-ring (bicyclic) bond motifs is 1. The van der Waals surface area contributed by atoms with E-state index in [0.717, 1.165) is 36.2 Å². The first-order valence-corrected chi connectivity index (χ1v) is 6.14. The molecule has 2 aromatic rings. The van der Waals surface area contributed by atoms with E-state index < -0.39 is 0 Å². The molecule has 1 aliphatic heterocycles. The van der Waals surface area contributed by atoms with Crippen molar-refractivity contribution in [3.05, 3.63) is 36.5 Å². The summed E-state index contributed by atoms with van der Waals surface area (Å²) in [5, 5.41) is 4.49. The molecule has 0 amide bonds. The van der Waals surface area contributed by atoms with Crippen LogP contribution in [0.2, 0.25) is 0 Å². The molecule has 1 aromatic heterocycles. The second kappa shape index (κ2) is 7.53. The highest BCUT2D eigenvalue weighted by atomic mass is 35.5. The van der Waals surface area contributed by atoms with Crippen molar-refractivity contribution in [2.24, 2.45) is 0 Å². The summed E-state index contributed by atoms with van der Waals surface area (Å²) in [6.45, 7) is 2.04. The van der Waals surface area contributed by atoms with Crippen molar-refractivity contribution in [1.82, 2.24) is 10.3 Å². The zero-order valence-electron chi connectivity index (χ0n) is 10.5. The van der Waals surface area contributed by atoms with Crippen molar-refractivity contribution in [3.63, 3.8) is 0 Å². The number of hydrogen-bond donors (Lipinski definition) is 1. The van der Waals surface area contributed by atoms with Gasteiger partial charge in [-0.3, -0.25) is 4.98 Å². The van der Waals surface area contributed by atoms with Crippen molar-refractivity contribution in [3.8, 4) is 5.75 Å². The number of hydrogen-bond acceptors (Lipinski definition) is 3. The molecule has 104 valence electrons. The largest absolute Gasteiger partial charge is 0.487 e. The molecule has 1 aliphatic rings. The van der Waals surface area contributed by atoms with Crippen LogP contribution in [0, 0.1) is 0 Å². The van der Waals surface area contributed by atoms with Crippen LogP contribution in [-0.4, -0.2) is 24.2 Å². The van der Waals surface area contributed by atoms with Gasteiger partial charge in [-0.05, 0) is 31.5 Å². The van der Waals surface area contributed by atoms with Crippen molar-refractivity contribution in [2.45, 2.75) is 18.9 Å². The van der Waals surface area contributed by atoms with E-state index in [1.807, 2.05) is 24.4 Å². The van der Waals surface area contributed by atoms with Gasteiger partial charge < -0.3 is 10.1 Å². The van der Waals surface area contributed by atoms with Crippen LogP contribution in [-0.2, 0) is 0 Å². The number of para-hydroxylation sites is 1. The standard InChI is InChI=1S/C14H16N2O.2ClH/c1-4-11-5-2-9-16-14(11)13(7-1)17-12-6-3-8-15-10-12;;/h1-2,4-5,7,9,12,15H,3,6,8,10H2;2*1H. The first-order valence-electron chi connectivity index (χ1n) is 6.14. The van der Waals surface area contributed by atoms with Gasteiger partial charge in [0.05, 0.1) is 0 Å². The Morgan fingerprint density at radius 1 is 1.16 bits per heavy atom. The van der Waals surface area contributed by atoms with Crippen LogP contribution in [0.3, 0.4) is 0 Å². The van der Waals surface area contributed by atoms with E-state index in [9.17, 15) is 0 Å². The number of benzene rings is 1. The second-order valence-electron chi connectivity index (χ2n) is 4.42. The third-order valence-electron chi connectivity index (χ3n) is 3.14.